The van der Waals surface area contributed by atoms with Gasteiger partial charge in [-0.2, -0.15) is 5.10 Å². The van der Waals surface area contributed by atoms with E-state index in [0.717, 1.165) is 29.0 Å². The summed E-state index contributed by atoms with van der Waals surface area (Å²) in [5.74, 6) is 0.258. The molecule has 0 fully saturated rings. The Balaban J connectivity index is 2.70. The molecule has 1 heterocycles. The average molecular weight is 302 g/mol. The van der Waals surface area contributed by atoms with E-state index in [2.05, 4.69) is 21.0 Å². The first kappa shape index (κ1) is 14.4. The summed E-state index contributed by atoms with van der Waals surface area (Å²) in [5.41, 5.74) is 1.94. The van der Waals surface area contributed by atoms with E-state index >= 15 is 0 Å². The maximum Gasteiger partial charge on any atom is 0.140 e. The standard InChI is InChI=1S/C12H20BrN3O/c1-5-16-11(12(13)9(2)14-16)8-10(17)6-7-15(3)4/h5-8H2,1-4H3. The molecule has 0 unspecified atom stereocenters. The van der Waals surface area contributed by atoms with Crippen LogP contribution < -0.4 is 0 Å². The van der Waals surface area contributed by atoms with E-state index in [1.54, 1.807) is 0 Å². The first-order chi connectivity index (χ1) is 7.95. The molecule has 1 aromatic rings. The molecular formula is C12H20BrN3O. The fourth-order valence-electron chi connectivity index (χ4n) is 1.66. The van der Waals surface area contributed by atoms with E-state index < -0.39 is 0 Å². The number of halogens is 1. The lowest BCUT2D eigenvalue weighted by molar-refractivity contribution is -0.118. The molecule has 4 nitrogen and oxygen atoms in total. The monoisotopic (exact) mass is 301 g/mol. The lowest BCUT2D eigenvalue weighted by Gasteiger charge is -2.09. The van der Waals surface area contributed by atoms with Gasteiger partial charge in [-0.05, 0) is 43.9 Å². The van der Waals surface area contributed by atoms with Crippen molar-refractivity contribution in [3.63, 3.8) is 0 Å². The highest BCUT2D eigenvalue weighted by atomic mass is 79.9. The summed E-state index contributed by atoms with van der Waals surface area (Å²) in [6, 6.07) is 0. The van der Waals surface area contributed by atoms with Crippen LogP contribution in [0.2, 0.25) is 0 Å². The van der Waals surface area contributed by atoms with Crippen molar-refractivity contribution in [2.75, 3.05) is 20.6 Å². The number of hydrogen-bond donors (Lipinski definition) is 0. The molecule has 0 saturated carbocycles. The molecule has 0 aliphatic carbocycles. The van der Waals surface area contributed by atoms with Crippen LogP contribution in [0.4, 0.5) is 0 Å². The highest BCUT2D eigenvalue weighted by molar-refractivity contribution is 9.10. The topological polar surface area (TPSA) is 38.1 Å². The molecule has 0 aromatic carbocycles. The summed E-state index contributed by atoms with van der Waals surface area (Å²) in [6.07, 6.45) is 1.05. The van der Waals surface area contributed by atoms with Crippen LogP contribution in [-0.4, -0.2) is 41.1 Å². The number of aromatic nitrogens is 2. The molecule has 5 heteroatoms. The van der Waals surface area contributed by atoms with Gasteiger partial charge in [0.25, 0.3) is 0 Å². The van der Waals surface area contributed by atoms with Crippen molar-refractivity contribution in [2.24, 2.45) is 0 Å². The zero-order valence-corrected chi connectivity index (χ0v) is 12.5. The molecule has 0 spiro atoms. The smallest absolute Gasteiger partial charge is 0.140 e. The van der Waals surface area contributed by atoms with Crippen molar-refractivity contribution in [2.45, 2.75) is 33.2 Å². The molecular weight excluding hydrogens is 282 g/mol. The SMILES string of the molecule is CCn1nc(C)c(Br)c1CC(=O)CCN(C)C. The third-order valence-corrected chi connectivity index (χ3v) is 3.69. The van der Waals surface area contributed by atoms with Crippen molar-refractivity contribution in [1.29, 1.82) is 0 Å². The van der Waals surface area contributed by atoms with E-state index in [1.807, 2.05) is 37.5 Å². The third kappa shape index (κ3) is 3.92. The molecule has 1 aromatic heterocycles. The highest BCUT2D eigenvalue weighted by Crippen LogP contribution is 2.21. The maximum absolute atomic E-state index is 11.9. The second kappa shape index (κ2) is 6.31. The number of hydrogen-bond acceptors (Lipinski definition) is 3. The van der Waals surface area contributed by atoms with Gasteiger partial charge in [-0.25, -0.2) is 0 Å². The van der Waals surface area contributed by atoms with Gasteiger partial charge in [0.2, 0.25) is 0 Å². The van der Waals surface area contributed by atoms with Crippen LogP contribution in [0, 0.1) is 6.92 Å². The van der Waals surface area contributed by atoms with Gasteiger partial charge in [-0.3, -0.25) is 9.48 Å². The van der Waals surface area contributed by atoms with Crippen LogP contribution in [0.15, 0.2) is 4.47 Å². The molecule has 0 radical (unpaired) electrons. The number of ketones is 1. The van der Waals surface area contributed by atoms with E-state index in [-0.39, 0.29) is 5.78 Å². The number of carbonyl (C=O) groups excluding carboxylic acids is 1. The first-order valence-electron chi connectivity index (χ1n) is 5.83. The molecule has 96 valence electrons. The minimum absolute atomic E-state index is 0.258. The number of carbonyl (C=O) groups is 1. The van der Waals surface area contributed by atoms with E-state index in [9.17, 15) is 4.79 Å². The van der Waals surface area contributed by atoms with Gasteiger partial charge in [-0.1, -0.05) is 0 Å². The summed E-state index contributed by atoms with van der Waals surface area (Å²) >= 11 is 3.50. The summed E-state index contributed by atoms with van der Waals surface area (Å²) < 4.78 is 2.87. The summed E-state index contributed by atoms with van der Waals surface area (Å²) in [5, 5.41) is 4.38. The van der Waals surface area contributed by atoms with Gasteiger partial charge in [0.15, 0.2) is 0 Å². The lowest BCUT2D eigenvalue weighted by atomic mass is 10.1. The van der Waals surface area contributed by atoms with Crippen molar-refractivity contribution in [3.8, 4) is 0 Å². The molecule has 0 N–H and O–H groups in total. The van der Waals surface area contributed by atoms with Gasteiger partial charge in [0.05, 0.1) is 15.9 Å². The first-order valence-corrected chi connectivity index (χ1v) is 6.63. The zero-order chi connectivity index (χ0) is 13.0. The van der Waals surface area contributed by atoms with Crippen LogP contribution in [-0.2, 0) is 17.8 Å². The van der Waals surface area contributed by atoms with E-state index in [0.29, 0.717) is 12.8 Å². The Kier molecular flexibility index (Phi) is 5.33. The molecule has 0 amide bonds. The largest absolute Gasteiger partial charge is 0.309 e. The van der Waals surface area contributed by atoms with Crippen LogP contribution >= 0.6 is 15.9 Å². The summed E-state index contributed by atoms with van der Waals surface area (Å²) in [4.78, 5) is 13.9. The van der Waals surface area contributed by atoms with E-state index in [4.69, 9.17) is 0 Å². The predicted octanol–water partition coefficient (Wildman–Crippen LogP) is 2.04. The second-order valence-corrected chi connectivity index (χ2v) is 5.22. The van der Waals surface area contributed by atoms with Gasteiger partial charge in [0.1, 0.15) is 5.78 Å². The Morgan fingerprint density at radius 1 is 1.47 bits per heavy atom. The van der Waals surface area contributed by atoms with Gasteiger partial charge < -0.3 is 4.90 Å². The molecule has 17 heavy (non-hydrogen) atoms. The Bertz CT molecular complexity index is 399. The maximum atomic E-state index is 11.9. The van der Waals surface area contributed by atoms with Crippen LogP contribution in [0.25, 0.3) is 0 Å². The molecule has 0 aliphatic rings. The van der Waals surface area contributed by atoms with E-state index in [1.165, 1.54) is 0 Å². The Morgan fingerprint density at radius 3 is 2.65 bits per heavy atom. The number of Topliss-reactive ketones (excluding diaryl/α,β-unsaturated/α-hetero) is 1. The van der Waals surface area contributed by atoms with Crippen molar-refractivity contribution in [3.05, 3.63) is 15.9 Å². The molecule has 0 saturated heterocycles. The van der Waals surface area contributed by atoms with Gasteiger partial charge >= 0.3 is 0 Å². The van der Waals surface area contributed by atoms with Crippen molar-refractivity contribution >= 4 is 21.7 Å². The minimum Gasteiger partial charge on any atom is -0.309 e. The van der Waals surface area contributed by atoms with Gasteiger partial charge in [-0.15, -0.1) is 0 Å². The second-order valence-electron chi connectivity index (χ2n) is 4.43. The minimum atomic E-state index is 0.258. The zero-order valence-electron chi connectivity index (χ0n) is 11.0. The van der Waals surface area contributed by atoms with Crippen LogP contribution in [0.5, 0.6) is 0 Å². The number of aryl methyl sites for hydroxylation is 2. The summed E-state index contributed by atoms with van der Waals surface area (Å²) in [7, 11) is 3.95. The lowest BCUT2D eigenvalue weighted by Crippen LogP contribution is -2.18. The quantitative estimate of drug-likeness (QED) is 0.807. The Labute approximate surface area is 111 Å². The third-order valence-electron chi connectivity index (χ3n) is 2.66. The fourth-order valence-corrected chi connectivity index (χ4v) is 2.09. The molecule has 0 aliphatic heterocycles. The average Bonchev–Trinajstić information content (AvgIpc) is 2.54. The molecule has 0 bridgehead atoms. The normalized spacial score (nSPS) is 11.2. The Hall–Kier alpha value is -0.680. The Morgan fingerprint density at radius 2 is 2.12 bits per heavy atom. The number of nitrogens with zero attached hydrogens (tertiary/aromatic N) is 3. The highest BCUT2D eigenvalue weighted by Gasteiger charge is 2.15. The van der Waals surface area contributed by atoms with Crippen LogP contribution in [0.3, 0.4) is 0 Å². The summed E-state index contributed by atoms with van der Waals surface area (Å²) in [6.45, 7) is 5.58. The fraction of sp³-hybridized carbons (Fsp3) is 0.667. The molecule has 0 atom stereocenters. The number of rotatable bonds is 6. The van der Waals surface area contributed by atoms with Gasteiger partial charge in [0, 0.05) is 25.9 Å². The van der Waals surface area contributed by atoms with Crippen molar-refractivity contribution in [1.82, 2.24) is 14.7 Å². The van der Waals surface area contributed by atoms with Crippen LogP contribution in [0.1, 0.15) is 24.7 Å². The molecule has 1 rings (SSSR count). The predicted molar refractivity (Wildman–Crippen MR) is 72.2 cm³/mol. The van der Waals surface area contributed by atoms with Crippen molar-refractivity contribution < 1.29 is 4.79 Å².